The molecule has 0 aliphatic carbocycles. The lowest BCUT2D eigenvalue weighted by Gasteiger charge is -2.32. The van der Waals surface area contributed by atoms with E-state index in [0.717, 1.165) is 16.6 Å². The SMILES string of the molecule is CCc1cc(C(=O)N2CCO[C@H](c3cc(C(=O)NCC(C)C)c4ccccc4n3)C2)on1. The van der Waals surface area contributed by atoms with Gasteiger partial charge in [-0.25, -0.2) is 4.98 Å². The van der Waals surface area contributed by atoms with E-state index in [9.17, 15) is 9.59 Å². The number of aryl methyl sites for hydroxylation is 1. The van der Waals surface area contributed by atoms with Crippen LogP contribution >= 0.6 is 0 Å². The topological polar surface area (TPSA) is 97.6 Å². The summed E-state index contributed by atoms with van der Waals surface area (Å²) in [5.74, 6) is 0.206. The number of benzene rings is 1. The van der Waals surface area contributed by atoms with Crippen molar-refractivity contribution >= 4 is 22.7 Å². The molecule has 3 heterocycles. The second kappa shape index (κ2) is 9.48. The first-order valence-electron chi connectivity index (χ1n) is 11.0. The van der Waals surface area contributed by atoms with Gasteiger partial charge in [0.1, 0.15) is 6.10 Å². The van der Waals surface area contributed by atoms with E-state index < -0.39 is 6.10 Å². The summed E-state index contributed by atoms with van der Waals surface area (Å²) in [6.07, 6.45) is 0.257. The Labute approximate surface area is 186 Å². The molecule has 0 bridgehead atoms. The number of fused-ring (bicyclic) bond motifs is 1. The van der Waals surface area contributed by atoms with Gasteiger partial charge in [0.2, 0.25) is 5.76 Å². The van der Waals surface area contributed by atoms with Crippen LogP contribution in [0.5, 0.6) is 0 Å². The van der Waals surface area contributed by atoms with Gasteiger partial charge in [-0.2, -0.15) is 0 Å². The van der Waals surface area contributed by atoms with Gasteiger partial charge in [0.05, 0.1) is 35.6 Å². The monoisotopic (exact) mass is 436 g/mol. The van der Waals surface area contributed by atoms with Crippen LogP contribution in [0.4, 0.5) is 0 Å². The quantitative estimate of drug-likeness (QED) is 0.636. The van der Waals surface area contributed by atoms with Gasteiger partial charge >= 0.3 is 0 Å². The van der Waals surface area contributed by atoms with Gasteiger partial charge in [-0.15, -0.1) is 0 Å². The number of rotatable bonds is 6. The average molecular weight is 437 g/mol. The fraction of sp³-hybridized carbons (Fsp3) is 0.417. The zero-order chi connectivity index (χ0) is 22.7. The molecule has 1 aromatic carbocycles. The number of carbonyl (C=O) groups is 2. The van der Waals surface area contributed by atoms with Gasteiger partial charge in [-0.05, 0) is 24.5 Å². The predicted octanol–water partition coefficient (Wildman–Crippen LogP) is 3.38. The number of hydrogen-bond donors (Lipinski definition) is 1. The number of carbonyl (C=O) groups excluding carboxylic acids is 2. The number of morpholine rings is 1. The third-order valence-electron chi connectivity index (χ3n) is 5.47. The highest BCUT2D eigenvalue weighted by Gasteiger charge is 2.30. The summed E-state index contributed by atoms with van der Waals surface area (Å²) in [4.78, 5) is 32.2. The number of amides is 2. The number of para-hydroxylation sites is 1. The Morgan fingerprint density at radius 2 is 2.06 bits per heavy atom. The van der Waals surface area contributed by atoms with E-state index in [-0.39, 0.29) is 17.6 Å². The molecule has 2 aromatic heterocycles. The van der Waals surface area contributed by atoms with Crippen molar-refractivity contribution in [2.24, 2.45) is 5.92 Å². The van der Waals surface area contributed by atoms with Crippen LogP contribution in [0.1, 0.15) is 59.2 Å². The molecule has 1 atom stereocenters. The Hall–Kier alpha value is -3.26. The highest BCUT2D eigenvalue weighted by Crippen LogP contribution is 2.27. The number of nitrogens with zero attached hydrogens (tertiary/aromatic N) is 3. The van der Waals surface area contributed by atoms with Crippen molar-refractivity contribution in [3.8, 4) is 0 Å². The molecule has 8 heteroatoms. The fourth-order valence-electron chi connectivity index (χ4n) is 3.69. The molecule has 0 radical (unpaired) electrons. The van der Waals surface area contributed by atoms with Crippen molar-refractivity contribution in [3.63, 3.8) is 0 Å². The highest BCUT2D eigenvalue weighted by atomic mass is 16.5. The number of ether oxygens (including phenoxy) is 1. The summed E-state index contributed by atoms with van der Waals surface area (Å²) >= 11 is 0. The van der Waals surface area contributed by atoms with Crippen LogP contribution < -0.4 is 5.32 Å². The summed E-state index contributed by atoms with van der Waals surface area (Å²) < 4.78 is 11.2. The largest absolute Gasteiger partial charge is 0.368 e. The smallest absolute Gasteiger partial charge is 0.292 e. The van der Waals surface area contributed by atoms with Crippen LogP contribution in [0.25, 0.3) is 10.9 Å². The number of nitrogens with one attached hydrogen (secondary N) is 1. The van der Waals surface area contributed by atoms with Crippen molar-refractivity contribution in [2.45, 2.75) is 33.3 Å². The lowest BCUT2D eigenvalue weighted by molar-refractivity contribution is -0.0257. The Balaban J connectivity index is 1.60. The van der Waals surface area contributed by atoms with Crippen LogP contribution in [0.15, 0.2) is 40.9 Å². The van der Waals surface area contributed by atoms with Crippen molar-refractivity contribution in [3.05, 3.63) is 59.1 Å². The van der Waals surface area contributed by atoms with Crippen molar-refractivity contribution in [1.82, 2.24) is 20.4 Å². The van der Waals surface area contributed by atoms with E-state index >= 15 is 0 Å². The molecule has 1 fully saturated rings. The van der Waals surface area contributed by atoms with Gasteiger partial charge in [-0.1, -0.05) is 44.1 Å². The Kier molecular flexibility index (Phi) is 6.50. The van der Waals surface area contributed by atoms with Crippen LogP contribution in [0.3, 0.4) is 0 Å². The third kappa shape index (κ3) is 4.65. The zero-order valence-corrected chi connectivity index (χ0v) is 18.6. The van der Waals surface area contributed by atoms with E-state index in [2.05, 4.69) is 24.3 Å². The molecular weight excluding hydrogens is 408 g/mol. The first-order chi connectivity index (χ1) is 15.5. The molecule has 1 N–H and O–H groups in total. The first kappa shape index (κ1) is 22.0. The summed E-state index contributed by atoms with van der Waals surface area (Å²) in [5, 5.41) is 7.68. The molecule has 4 rings (SSSR count). The van der Waals surface area contributed by atoms with Crippen molar-refractivity contribution in [2.75, 3.05) is 26.2 Å². The molecule has 168 valence electrons. The maximum atomic E-state index is 12.9. The summed E-state index contributed by atoms with van der Waals surface area (Å²) in [6, 6.07) is 11.0. The molecule has 3 aromatic rings. The molecule has 1 saturated heterocycles. The Morgan fingerprint density at radius 3 is 2.81 bits per heavy atom. The van der Waals surface area contributed by atoms with Gasteiger partial charge < -0.3 is 19.5 Å². The zero-order valence-electron chi connectivity index (χ0n) is 18.6. The summed E-state index contributed by atoms with van der Waals surface area (Å²) in [7, 11) is 0. The van der Waals surface area contributed by atoms with E-state index in [4.69, 9.17) is 14.2 Å². The van der Waals surface area contributed by atoms with E-state index in [1.165, 1.54) is 0 Å². The first-order valence-corrected chi connectivity index (χ1v) is 11.0. The molecule has 2 amide bonds. The molecular formula is C24H28N4O4. The standard InChI is InChI=1S/C24H28N4O4/c1-4-16-11-21(32-27-16)24(30)28-9-10-31-22(14-28)20-12-18(23(29)25-13-15(2)3)17-7-5-6-8-19(17)26-20/h5-8,11-12,15,22H,4,9-10,13-14H2,1-3H3,(H,25,29)/t22-/m0/s1. The molecule has 1 aliphatic rings. The van der Waals surface area contributed by atoms with Crippen molar-refractivity contribution < 1.29 is 18.8 Å². The Morgan fingerprint density at radius 1 is 1.25 bits per heavy atom. The molecule has 1 aliphatic heterocycles. The lowest BCUT2D eigenvalue weighted by atomic mass is 10.0. The Bertz CT molecular complexity index is 1120. The fourth-order valence-corrected chi connectivity index (χ4v) is 3.69. The van der Waals surface area contributed by atoms with Gasteiger partial charge in [0.15, 0.2) is 0 Å². The minimum Gasteiger partial charge on any atom is -0.368 e. The minimum absolute atomic E-state index is 0.143. The second-order valence-electron chi connectivity index (χ2n) is 8.36. The number of aromatic nitrogens is 2. The van der Waals surface area contributed by atoms with Gasteiger partial charge in [-0.3, -0.25) is 9.59 Å². The lowest BCUT2D eigenvalue weighted by Crippen LogP contribution is -2.42. The summed E-state index contributed by atoms with van der Waals surface area (Å²) in [5.41, 5.74) is 2.64. The van der Waals surface area contributed by atoms with Crippen LogP contribution in [-0.2, 0) is 11.2 Å². The number of hydrogen-bond acceptors (Lipinski definition) is 6. The van der Waals surface area contributed by atoms with Gasteiger partial charge in [0, 0.05) is 24.5 Å². The van der Waals surface area contributed by atoms with Crippen molar-refractivity contribution in [1.29, 1.82) is 0 Å². The van der Waals surface area contributed by atoms with Gasteiger partial charge in [0.25, 0.3) is 11.8 Å². The molecule has 0 unspecified atom stereocenters. The van der Waals surface area contributed by atoms with E-state index in [1.54, 1.807) is 17.0 Å². The third-order valence-corrected chi connectivity index (χ3v) is 5.47. The molecule has 0 spiro atoms. The molecule has 0 saturated carbocycles. The van der Waals surface area contributed by atoms with Crippen LogP contribution in [-0.4, -0.2) is 53.1 Å². The second-order valence-corrected chi connectivity index (χ2v) is 8.36. The maximum absolute atomic E-state index is 12.9. The normalized spacial score (nSPS) is 16.5. The maximum Gasteiger partial charge on any atom is 0.292 e. The highest BCUT2D eigenvalue weighted by molar-refractivity contribution is 6.06. The van der Waals surface area contributed by atoms with Crippen LogP contribution in [0.2, 0.25) is 0 Å². The minimum atomic E-state index is -0.442. The van der Waals surface area contributed by atoms with E-state index in [1.807, 2.05) is 31.2 Å². The van der Waals surface area contributed by atoms with E-state index in [0.29, 0.717) is 49.8 Å². The average Bonchev–Trinajstić information content (AvgIpc) is 3.30. The van der Waals surface area contributed by atoms with Crippen LogP contribution in [0, 0.1) is 5.92 Å². The molecule has 8 nitrogen and oxygen atoms in total. The predicted molar refractivity (Wildman–Crippen MR) is 119 cm³/mol. The summed E-state index contributed by atoms with van der Waals surface area (Å²) in [6.45, 7) is 7.79. The number of pyridine rings is 1. The molecule has 32 heavy (non-hydrogen) atoms.